The summed E-state index contributed by atoms with van der Waals surface area (Å²) < 4.78 is 1.20. The molecule has 23 heavy (non-hydrogen) atoms. The van der Waals surface area contributed by atoms with Gasteiger partial charge in [-0.2, -0.15) is 0 Å². The summed E-state index contributed by atoms with van der Waals surface area (Å²) >= 11 is 7.50. The number of hydrogen-bond acceptors (Lipinski definition) is 2. The number of anilines is 1. The van der Waals surface area contributed by atoms with E-state index in [0.29, 0.717) is 0 Å². The van der Waals surface area contributed by atoms with Gasteiger partial charge in [0.25, 0.3) is 0 Å². The Morgan fingerprint density at radius 2 is 1.83 bits per heavy atom. The minimum absolute atomic E-state index is 0.258. The molecule has 118 valence electrons. The Bertz CT molecular complexity index is 757. The molecule has 0 unspecified atom stereocenters. The van der Waals surface area contributed by atoms with Crippen LogP contribution in [0.2, 0.25) is 0 Å². The highest BCUT2D eigenvalue weighted by atomic mass is 127. The quantitative estimate of drug-likeness (QED) is 0.425. The van der Waals surface area contributed by atoms with Gasteiger partial charge in [0.15, 0.2) is 5.11 Å². The number of amides is 1. The Kier molecular flexibility index (Phi) is 6.29. The summed E-state index contributed by atoms with van der Waals surface area (Å²) in [6.07, 6.45) is 3.22. The average molecular weight is 436 g/mol. The molecule has 0 atom stereocenters. The van der Waals surface area contributed by atoms with Crippen molar-refractivity contribution >= 4 is 57.6 Å². The molecule has 0 bridgehead atoms. The van der Waals surface area contributed by atoms with Crippen LogP contribution in [0.15, 0.2) is 48.5 Å². The monoisotopic (exact) mass is 436 g/mol. The van der Waals surface area contributed by atoms with Crippen molar-refractivity contribution in [3.8, 4) is 0 Å². The molecule has 2 aromatic carbocycles. The molecule has 0 radical (unpaired) electrons. The lowest BCUT2D eigenvalue weighted by Crippen LogP contribution is -2.33. The molecule has 0 aliphatic rings. The van der Waals surface area contributed by atoms with Crippen LogP contribution in [-0.2, 0) is 4.79 Å². The standard InChI is InChI=1S/C18H17IN2OS/c1-12-11-16(13(2)10-15(12)19)20-18(23)21-17(22)9-8-14-6-4-3-5-7-14/h3-11H,1-2H3,(H2,20,21,22,23)/b9-8+. The zero-order valence-electron chi connectivity index (χ0n) is 12.9. The maximum atomic E-state index is 11.9. The number of thiocarbonyl (C=S) groups is 1. The summed E-state index contributed by atoms with van der Waals surface area (Å²) in [5.41, 5.74) is 4.11. The largest absolute Gasteiger partial charge is 0.332 e. The number of halogens is 1. The van der Waals surface area contributed by atoms with Gasteiger partial charge in [-0.05, 0) is 83.6 Å². The first-order valence-corrected chi connectivity index (χ1v) is 8.56. The van der Waals surface area contributed by atoms with E-state index in [2.05, 4.69) is 39.3 Å². The van der Waals surface area contributed by atoms with E-state index in [-0.39, 0.29) is 11.0 Å². The van der Waals surface area contributed by atoms with Crippen LogP contribution in [0, 0.1) is 17.4 Å². The van der Waals surface area contributed by atoms with Crippen LogP contribution < -0.4 is 10.6 Å². The van der Waals surface area contributed by atoms with Gasteiger partial charge in [0, 0.05) is 15.3 Å². The lowest BCUT2D eigenvalue weighted by molar-refractivity contribution is -0.115. The van der Waals surface area contributed by atoms with Gasteiger partial charge < -0.3 is 5.32 Å². The summed E-state index contributed by atoms with van der Waals surface area (Å²) in [5, 5.41) is 6.01. The van der Waals surface area contributed by atoms with Gasteiger partial charge in [0.05, 0.1) is 0 Å². The van der Waals surface area contributed by atoms with Crippen molar-refractivity contribution in [2.45, 2.75) is 13.8 Å². The van der Waals surface area contributed by atoms with Crippen molar-refractivity contribution in [3.63, 3.8) is 0 Å². The fourth-order valence-corrected chi connectivity index (χ4v) is 2.79. The molecule has 0 saturated heterocycles. The van der Waals surface area contributed by atoms with Crippen molar-refractivity contribution in [3.05, 3.63) is 68.8 Å². The topological polar surface area (TPSA) is 41.1 Å². The van der Waals surface area contributed by atoms with E-state index < -0.39 is 0 Å². The predicted molar refractivity (Wildman–Crippen MR) is 108 cm³/mol. The zero-order valence-corrected chi connectivity index (χ0v) is 15.9. The van der Waals surface area contributed by atoms with E-state index in [1.807, 2.05) is 50.2 Å². The third-order valence-corrected chi connectivity index (χ3v) is 4.58. The Morgan fingerprint density at radius 3 is 2.52 bits per heavy atom. The fourth-order valence-electron chi connectivity index (χ4n) is 1.96. The van der Waals surface area contributed by atoms with Crippen LogP contribution in [0.3, 0.4) is 0 Å². The van der Waals surface area contributed by atoms with Gasteiger partial charge in [-0.25, -0.2) is 0 Å². The SMILES string of the molecule is Cc1cc(NC(=S)NC(=O)/C=C/c2ccccc2)c(C)cc1I. The molecule has 0 aromatic heterocycles. The molecule has 2 aromatic rings. The first kappa shape index (κ1) is 17.6. The number of aryl methyl sites for hydroxylation is 2. The normalized spacial score (nSPS) is 10.6. The minimum atomic E-state index is -0.258. The smallest absolute Gasteiger partial charge is 0.250 e. The summed E-state index contributed by atoms with van der Waals surface area (Å²) in [6.45, 7) is 4.04. The molecular weight excluding hydrogens is 419 g/mol. The van der Waals surface area contributed by atoms with E-state index in [0.717, 1.165) is 22.4 Å². The molecule has 2 N–H and O–H groups in total. The zero-order chi connectivity index (χ0) is 16.8. The van der Waals surface area contributed by atoms with Gasteiger partial charge in [-0.1, -0.05) is 30.3 Å². The molecule has 0 saturated carbocycles. The Balaban J connectivity index is 1.96. The van der Waals surface area contributed by atoms with Crippen LogP contribution in [0.4, 0.5) is 5.69 Å². The second kappa shape index (κ2) is 8.21. The number of hydrogen-bond donors (Lipinski definition) is 2. The third kappa shape index (κ3) is 5.44. The van der Waals surface area contributed by atoms with E-state index in [4.69, 9.17) is 12.2 Å². The van der Waals surface area contributed by atoms with Gasteiger partial charge in [-0.15, -0.1) is 0 Å². The van der Waals surface area contributed by atoms with E-state index in [9.17, 15) is 4.79 Å². The van der Waals surface area contributed by atoms with Gasteiger partial charge >= 0.3 is 0 Å². The highest BCUT2D eigenvalue weighted by Crippen LogP contribution is 2.21. The summed E-state index contributed by atoms with van der Waals surface area (Å²) in [4.78, 5) is 11.9. The Labute approximate surface area is 155 Å². The summed E-state index contributed by atoms with van der Waals surface area (Å²) in [7, 11) is 0. The van der Waals surface area contributed by atoms with Gasteiger partial charge in [0.2, 0.25) is 5.91 Å². The third-order valence-electron chi connectivity index (χ3n) is 3.22. The minimum Gasteiger partial charge on any atom is -0.332 e. The molecule has 3 nitrogen and oxygen atoms in total. The number of nitrogens with one attached hydrogen (secondary N) is 2. The average Bonchev–Trinajstić information content (AvgIpc) is 2.51. The van der Waals surface area contributed by atoms with Crippen LogP contribution in [0.1, 0.15) is 16.7 Å². The summed E-state index contributed by atoms with van der Waals surface area (Å²) in [6, 6.07) is 13.7. The molecule has 0 fully saturated rings. The second-order valence-electron chi connectivity index (χ2n) is 5.10. The molecule has 0 spiro atoms. The number of carbonyl (C=O) groups is 1. The van der Waals surface area contributed by atoms with Crippen LogP contribution >= 0.6 is 34.8 Å². The Hall–Kier alpha value is -1.73. The fraction of sp³-hybridized carbons (Fsp3) is 0.111. The summed E-state index contributed by atoms with van der Waals surface area (Å²) in [5.74, 6) is -0.258. The molecule has 0 aliphatic heterocycles. The predicted octanol–water partition coefficient (Wildman–Crippen LogP) is 4.43. The molecule has 5 heteroatoms. The maximum Gasteiger partial charge on any atom is 0.250 e. The van der Waals surface area contributed by atoms with Crippen molar-refractivity contribution in [2.24, 2.45) is 0 Å². The number of carbonyl (C=O) groups excluding carboxylic acids is 1. The molecule has 2 rings (SSSR count). The van der Waals surface area contributed by atoms with E-state index in [1.54, 1.807) is 6.08 Å². The van der Waals surface area contributed by atoms with Crippen LogP contribution in [-0.4, -0.2) is 11.0 Å². The van der Waals surface area contributed by atoms with E-state index >= 15 is 0 Å². The number of rotatable bonds is 3. The van der Waals surface area contributed by atoms with Crippen LogP contribution in [0.5, 0.6) is 0 Å². The molecule has 1 amide bonds. The van der Waals surface area contributed by atoms with Crippen molar-refractivity contribution < 1.29 is 4.79 Å². The highest BCUT2D eigenvalue weighted by Gasteiger charge is 2.06. The van der Waals surface area contributed by atoms with Gasteiger partial charge in [0.1, 0.15) is 0 Å². The van der Waals surface area contributed by atoms with Crippen molar-refractivity contribution in [2.75, 3.05) is 5.32 Å². The van der Waals surface area contributed by atoms with E-state index in [1.165, 1.54) is 9.65 Å². The van der Waals surface area contributed by atoms with Gasteiger partial charge in [-0.3, -0.25) is 10.1 Å². The van der Waals surface area contributed by atoms with Crippen molar-refractivity contribution in [1.82, 2.24) is 5.32 Å². The first-order chi connectivity index (χ1) is 11.0. The van der Waals surface area contributed by atoms with Crippen molar-refractivity contribution in [1.29, 1.82) is 0 Å². The Morgan fingerprint density at radius 1 is 1.13 bits per heavy atom. The number of benzene rings is 2. The van der Waals surface area contributed by atoms with Crippen LogP contribution in [0.25, 0.3) is 6.08 Å². The maximum absolute atomic E-state index is 11.9. The molecular formula is C18H17IN2OS. The molecule has 0 aliphatic carbocycles. The second-order valence-corrected chi connectivity index (χ2v) is 6.67. The lowest BCUT2D eigenvalue weighted by Gasteiger charge is -2.12. The lowest BCUT2D eigenvalue weighted by atomic mass is 10.1. The molecule has 0 heterocycles. The highest BCUT2D eigenvalue weighted by molar-refractivity contribution is 14.1. The first-order valence-electron chi connectivity index (χ1n) is 7.07.